The summed E-state index contributed by atoms with van der Waals surface area (Å²) in [7, 11) is 5.61. The molecule has 0 N–H and O–H groups in total. The Labute approximate surface area is 107 Å². The monoisotopic (exact) mass is 242 g/mol. The number of hydrogen-bond acceptors (Lipinski definition) is 2. The summed E-state index contributed by atoms with van der Waals surface area (Å²) in [5.41, 5.74) is 1.06. The summed E-state index contributed by atoms with van der Waals surface area (Å²) < 4.78 is 7.18. The second-order valence-corrected chi connectivity index (χ2v) is 4.40. The lowest BCUT2D eigenvalue weighted by Gasteiger charge is -2.07. The molecule has 0 saturated carbocycles. The van der Waals surface area contributed by atoms with E-state index >= 15 is 0 Å². The number of nitrogens with zero attached hydrogens (tertiary/aromatic N) is 2. The van der Waals surface area contributed by atoms with Crippen molar-refractivity contribution in [3.63, 3.8) is 0 Å². The van der Waals surface area contributed by atoms with Gasteiger partial charge in [0.1, 0.15) is 0 Å². The fourth-order valence-electron chi connectivity index (χ4n) is 2.10. The minimum absolute atomic E-state index is 0.578. The Hall–Kier alpha value is -2.16. The Kier molecular flexibility index (Phi) is 3.15. The molecule has 0 bridgehead atoms. The minimum atomic E-state index is 0.578. The molecular formula is C15H18N2O. The highest BCUT2D eigenvalue weighted by Crippen LogP contribution is 2.12. The summed E-state index contributed by atoms with van der Waals surface area (Å²) >= 11 is 0. The highest BCUT2D eigenvalue weighted by Gasteiger charge is 2.08. The van der Waals surface area contributed by atoms with Crippen LogP contribution in [0, 0.1) is 0 Å². The number of para-hydroxylation sites is 1. The Morgan fingerprint density at radius 2 is 2.00 bits per heavy atom. The fraction of sp³-hybridized carbons (Fsp3) is 0.200. The zero-order valence-corrected chi connectivity index (χ0v) is 11.1. The average molecular weight is 242 g/mol. The van der Waals surface area contributed by atoms with Crippen LogP contribution in [0.3, 0.4) is 0 Å². The standard InChI is InChI=1S/C15H18N2O/c1-11-14(10-16(3)4)13-8-6-7-9-15(13)17(11)12(2)18-5/h6-10H,1-2H2,3-5H3/b14-10+. The van der Waals surface area contributed by atoms with Gasteiger partial charge in [0.05, 0.1) is 18.0 Å². The van der Waals surface area contributed by atoms with E-state index in [0.29, 0.717) is 5.88 Å². The molecule has 0 amide bonds. The summed E-state index contributed by atoms with van der Waals surface area (Å²) in [4.78, 5) is 2.01. The Morgan fingerprint density at radius 3 is 2.61 bits per heavy atom. The maximum Gasteiger partial charge on any atom is 0.190 e. The lowest BCUT2D eigenvalue weighted by Crippen LogP contribution is -2.29. The van der Waals surface area contributed by atoms with Gasteiger partial charge < -0.3 is 9.64 Å². The molecule has 3 nitrogen and oxygen atoms in total. The molecule has 0 aliphatic rings. The number of benzene rings is 1. The smallest absolute Gasteiger partial charge is 0.190 e. The van der Waals surface area contributed by atoms with E-state index in [1.807, 2.05) is 41.8 Å². The third-order valence-corrected chi connectivity index (χ3v) is 2.89. The van der Waals surface area contributed by atoms with Crippen LogP contribution < -0.4 is 10.6 Å². The van der Waals surface area contributed by atoms with Crippen molar-refractivity contribution in [3.8, 4) is 0 Å². The molecule has 0 atom stereocenters. The number of aromatic nitrogens is 1. The van der Waals surface area contributed by atoms with Gasteiger partial charge in [0.25, 0.3) is 0 Å². The van der Waals surface area contributed by atoms with Crippen LogP contribution in [0.5, 0.6) is 0 Å². The van der Waals surface area contributed by atoms with E-state index in [1.54, 1.807) is 7.11 Å². The van der Waals surface area contributed by atoms with Gasteiger partial charge in [-0.15, -0.1) is 0 Å². The first-order valence-electron chi connectivity index (χ1n) is 5.76. The average Bonchev–Trinajstić information content (AvgIpc) is 2.62. The van der Waals surface area contributed by atoms with Crippen LogP contribution in [0.1, 0.15) is 0 Å². The van der Waals surface area contributed by atoms with E-state index in [4.69, 9.17) is 4.74 Å². The van der Waals surface area contributed by atoms with E-state index in [-0.39, 0.29) is 0 Å². The predicted molar refractivity (Wildman–Crippen MR) is 77.2 cm³/mol. The van der Waals surface area contributed by atoms with Crippen molar-refractivity contribution in [1.82, 2.24) is 9.47 Å². The molecule has 0 fully saturated rings. The van der Waals surface area contributed by atoms with Gasteiger partial charge in [-0.3, -0.25) is 4.57 Å². The van der Waals surface area contributed by atoms with Gasteiger partial charge in [-0.05, 0) is 12.6 Å². The highest BCUT2D eigenvalue weighted by molar-refractivity contribution is 5.84. The molecule has 0 unspecified atom stereocenters. The quantitative estimate of drug-likeness (QED) is 0.758. The number of methoxy groups -OCH3 is 1. The number of ether oxygens (including phenoxy) is 1. The molecule has 3 heteroatoms. The van der Waals surface area contributed by atoms with Crippen LogP contribution in [0.25, 0.3) is 29.6 Å². The SMILES string of the molecule is C=C(OC)n1c(=C)/c(=C\N(C)C)c2ccccc21. The summed E-state index contributed by atoms with van der Waals surface area (Å²) in [6, 6.07) is 8.15. The molecule has 1 heterocycles. The molecule has 2 aromatic rings. The molecule has 18 heavy (non-hydrogen) atoms. The van der Waals surface area contributed by atoms with Crippen molar-refractivity contribution in [2.24, 2.45) is 0 Å². The Morgan fingerprint density at radius 1 is 1.33 bits per heavy atom. The van der Waals surface area contributed by atoms with Crippen LogP contribution in [0.15, 0.2) is 30.8 Å². The molecule has 0 radical (unpaired) electrons. The second kappa shape index (κ2) is 4.61. The van der Waals surface area contributed by atoms with Gasteiger partial charge in [-0.2, -0.15) is 0 Å². The third kappa shape index (κ3) is 1.88. The first-order chi connectivity index (χ1) is 8.56. The number of hydrogen-bond donors (Lipinski definition) is 0. The third-order valence-electron chi connectivity index (χ3n) is 2.89. The van der Waals surface area contributed by atoms with Crippen LogP contribution in [0.4, 0.5) is 0 Å². The van der Waals surface area contributed by atoms with Gasteiger partial charge in [-0.25, -0.2) is 0 Å². The normalized spacial score (nSPS) is 11.8. The molecule has 0 spiro atoms. The van der Waals surface area contributed by atoms with E-state index in [2.05, 4.69) is 25.4 Å². The van der Waals surface area contributed by atoms with Crippen molar-refractivity contribution in [2.45, 2.75) is 0 Å². The summed E-state index contributed by atoms with van der Waals surface area (Å²) in [5.74, 6) is 0.578. The van der Waals surface area contributed by atoms with Gasteiger partial charge in [-0.1, -0.05) is 24.8 Å². The molecule has 94 valence electrons. The zero-order chi connectivity index (χ0) is 13.3. The maximum absolute atomic E-state index is 5.24. The highest BCUT2D eigenvalue weighted by atomic mass is 16.5. The molecule has 0 aliphatic carbocycles. The lowest BCUT2D eigenvalue weighted by molar-refractivity contribution is 0.346. The first kappa shape index (κ1) is 12.3. The van der Waals surface area contributed by atoms with Gasteiger partial charge in [0.2, 0.25) is 0 Å². The van der Waals surface area contributed by atoms with E-state index in [9.17, 15) is 0 Å². The van der Waals surface area contributed by atoms with Crippen molar-refractivity contribution in [2.75, 3.05) is 21.2 Å². The zero-order valence-electron chi connectivity index (χ0n) is 11.1. The number of fused-ring (bicyclic) bond motifs is 1. The largest absolute Gasteiger partial charge is 0.482 e. The molecule has 0 saturated heterocycles. The van der Waals surface area contributed by atoms with Crippen molar-refractivity contribution >= 4 is 29.6 Å². The van der Waals surface area contributed by atoms with Gasteiger partial charge in [0.15, 0.2) is 5.88 Å². The van der Waals surface area contributed by atoms with Gasteiger partial charge >= 0.3 is 0 Å². The predicted octanol–water partition coefficient (Wildman–Crippen LogP) is 1.43. The van der Waals surface area contributed by atoms with Crippen molar-refractivity contribution < 1.29 is 4.74 Å². The molecule has 2 rings (SSSR count). The molecule has 0 aliphatic heterocycles. The van der Waals surface area contributed by atoms with Crippen LogP contribution in [0.2, 0.25) is 0 Å². The summed E-state index contributed by atoms with van der Waals surface area (Å²) in [5, 5.41) is 3.12. The van der Waals surface area contributed by atoms with Crippen LogP contribution in [-0.2, 0) is 4.74 Å². The number of rotatable bonds is 3. The maximum atomic E-state index is 5.24. The van der Waals surface area contributed by atoms with Crippen LogP contribution in [-0.4, -0.2) is 30.7 Å². The van der Waals surface area contributed by atoms with E-state index < -0.39 is 0 Å². The summed E-state index contributed by atoms with van der Waals surface area (Å²) in [6.45, 7) is 8.06. The Balaban J connectivity index is 2.94. The first-order valence-corrected chi connectivity index (χ1v) is 5.76. The van der Waals surface area contributed by atoms with Crippen molar-refractivity contribution in [3.05, 3.63) is 41.4 Å². The Bertz CT molecular complexity index is 695. The van der Waals surface area contributed by atoms with E-state index in [1.165, 1.54) is 0 Å². The van der Waals surface area contributed by atoms with Crippen LogP contribution >= 0.6 is 0 Å². The molecular weight excluding hydrogens is 224 g/mol. The van der Waals surface area contributed by atoms with E-state index in [0.717, 1.165) is 21.5 Å². The summed E-state index contributed by atoms with van der Waals surface area (Å²) in [6.07, 6.45) is 2.06. The minimum Gasteiger partial charge on any atom is -0.482 e. The topological polar surface area (TPSA) is 17.4 Å². The van der Waals surface area contributed by atoms with Crippen molar-refractivity contribution in [1.29, 1.82) is 0 Å². The lowest BCUT2D eigenvalue weighted by atomic mass is 10.2. The molecule has 1 aromatic carbocycles. The van der Waals surface area contributed by atoms with Gasteiger partial charge in [0, 0.05) is 30.9 Å². The fourth-order valence-corrected chi connectivity index (χ4v) is 2.10. The second-order valence-electron chi connectivity index (χ2n) is 4.40. The molecule has 1 aromatic heterocycles.